The van der Waals surface area contributed by atoms with Crippen molar-refractivity contribution in [2.24, 2.45) is 0 Å². The lowest BCUT2D eigenvalue weighted by Crippen LogP contribution is -2.53. The first-order valence-corrected chi connectivity index (χ1v) is 7.29. The topological polar surface area (TPSA) is 18.5 Å². The lowest BCUT2D eigenvalue weighted by molar-refractivity contribution is 0.150. The summed E-state index contributed by atoms with van der Waals surface area (Å²) < 4.78 is 1.20. The molecular weight excluding hydrogens is 290 g/mol. The van der Waals surface area contributed by atoms with Crippen LogP contribution in [-0.4, -0.2) is 56.1 Å². The number of likely N-dealkylation sites (N-methyl/N-ethyl adjacent to an activating group) is 2. The zero-order chi connectivity index (χ0) is 13.0. The van der Waals surface area contributed by atoms with Gasteiger partial charge in [-0.2, -0.15) is 0 Å². The summed E-state index contributed by atoms with van der Waals surface area (Å²) in [6.45, 7) is 5.45. The molecule has 0 bridgehead atoms. The van der Waals surface area contributed by atoms with Crippen LogP contribution in [0.2, 0.25) is 0 Å². The van der Waals surface area contributed by atoms with Crippen molar-refractivity contribution in [3.8, 4) is 0 Å². The first-order valence-electron chi connectivity index (χ1n) is 6.49. The molecule has 0 saturated carbocycles. The molecule has 1 aromatic carbocycles. The zero-order valence-electron chi connectivity index (χ0n) is 11.2. The van der Waals surface area contributed by atoms with Crippen molar-refractivity contribution in [3.63, 3.8) is 0 Å². The summed E-state index contributed by atoms with van der Waals surface area (Å²) in [7, 11) is 4.42. The quantitative estimate of drug-likeness (QED) is 0.914. The highest BCUT2D eigenvalue weighted by atomic mass is 79.9. The Bertz CT molecular complexity index is 383. The summed E-state index contributed by atoms with van der Waals surface area (Å²) in [5.41, 5.74) is 1.35. The normalized spacial score (nSPS) is 21.4. The Balaban J connectivity index is 1.88. The molecule has 0 amide bonds. The van der Waals surface area contributed by atoms with E-state index in [-0.39, 0.29) is 0 Å². The van der Waals surface area contributed by atoms with Gasteiger partial charge < -0.3 is 10.2 Å². The molecule has 0 aromatic heterocycles. The molecule has 100 valence electrons. The molecule has 4 heteroatoms. The average Bonchev–Trinajstić information content (AvgIpc) is 2.35. The van der Waals surface area contributed by atoms with E-state index in [9.17, 15) is 0 Å². The second kappa shape index (κ2) is 6.66. The molecule has 1 aliphatic rings. The molecule has 1 atom stereocenters. The predicted octanol–water partition coefficient (Wildman–Crippen LogP) is 1.78. The predicted molar refractivity (Wildman–Crippen MR) is 79.8 cm³/mol. The van der Waals surface area contributed by atoms with Gasteiger partial charge in [0.1, 0.15) is 0 Å². The van der Waals surface area contributed by atoms with Crippen LogP contribution in [0, 0.1) is 0 Å². The first-order chi connectivity index (χ1) is 8.66. The van der Waals surface area contributed by atoms with Crippen LogP contribution in [0.5, 0.6) is 0 Å². The molecule has 18 heavy (non-hydrogen) atoms. The number of halogens is 1. The van der Waals surface area contributed by atoms with Gasteiger partial charge in [-0.3, -0.25) is 4.90 Å². The fourth-order valence-electron chi connectivity index (χ4n) is 2.41. The van der Waals surface area contributed by atoms with Crippen LogP contribution in [0.4, 0.5) is 0 Å². The highest BCUT2D eigenvalue weighted by molar-refractivity contribution is 9.10. The van der Waals surface area contributed by atoms with E-state index in [1.54, 1.807) is 0 Å². The number of hydrogen-bond donors (Lipinski definition) is 1. The fraction of sp³-hybridized carbons (Fsp3) is 0.571. The van der Waals surface area contributed by atoms with Crippen LogP contribution in [-0.2, 0) is 6.54 Å². The van der Waals surface area contributed by atoms with Crippen LogP contribution in [0.1, 0.15) is 5.56 Å². The molecule has 1 fully saturated rings. The smallest absolute Gasteiger partial charge is 0.0345 e. The number of nitrogens with one attached hydrogen (secondary N) is 1. The van der Waals surface area contributed by atoms with Crippen LogP contribution < -0.4 is 5.32 Å². The third kappa shape index (κ3) is 3.79. The Morgan fingerprint density at radius 2 is 2.22 bits per heavy atom. The number of hydrogen-bond acceptors (Lipinski definition) is 3. The van der Waals surface area contributed by atoms with Crippen molar-refractivity contribution in [2.75, 3.05) is 40.3 Å². The summed E-state index contributed by atoms with van der Waals surface area (Å²) in [6.07, 6.45) is 0. The van der Waals surface area contributed by atoms with Crippen molar-refractivity contribution in [1.82, 2.24) is 15.1 Å². The van der Waals surface area contributed by atoms with Crippen LogP contribution in [0.3, 0.4) is 0 Å². The van der Waals surface area contributed by atoms with Gasteiger partial charge >= 0.3 is 0 Å². The molecule has 0 aliphatic carbocycles. The summed E-state index contributed by atoms with van der Waals surface area (Å²) in [6, 6.07) is 9.07. The molecule has 3 nitrogen and oxygen atoms in total. The van der Waals surface area contributed by atoms with E-state index in [0.29, 0.717) is 6.04 Å². The van der Waals surface area contributed by atoms with Gasteiger partial charge in [-0.1, -0.05) is 34.1 Å². The van der Waals surface area contributed by atoms with Crippen molar-refractivity contribution >= 4 is 15.9 Å². The van der Waals surface area contributed by atoms with Gasteiger partial charge in [0.05, 0.1) is 0 Å². The summed E-state index contributed by atoms with van der Waals surface area (Å²) in [5, 5.41) is 3.47. The molecule has 2 rings (SSSR count). The summed E-state index contributed by atoms with van der Waals surface area (Å²) in [5.74, 6) is 0. The second-order valence-corrected chi connectivity index (χ2v) is 5.98. The Morgan fingerprint density at radius 3 is 2.94 bits per heavy atom. The molecule has 1 N–H and O–H groups in total. The molecule has 1 aliphatic heterocycles. The third-order valence-electron chi connectivity index (χ3n) is 3.57. The Kier molecular flexibility index (Phi) is 5.18. The van der Waals surface area contributed by atoms with E-state index in [4.69, 9.17) is 0 Å². The monoisotopic (exact) mass is 311 g/mol. The maximum absolute atomic E-state index is 3.61. The van der Waals surface area contributed by atoms with Gasteiger partial charge in [-0.25, -0.2) is 0 Å². The Hall–Kier alpha value is -0.420. The molecular formula is C14H22BrN3. The average molecular weight is 312 g/mol. The van der Waals surface area contributed by atoms with Crippen molar-refractivity contribution in [1.29, 1.82) is 0 Å². The van der Waals surface area contributed by atoms with E-state index in [2.05, 4.69) is 69.4 Å². The lowest BCUT2D eigenvalue weighted by Gasteiger charge is -2.35. The van der Waals surface area contributed by atoms with E-state index in [0.717, 1.165) is 32.7 Å². The highest BCUT2D eigenvalue weighted by Gasteiger charge is 2.20. The van der Waals surface area contributed by atoms with Gasteiger partial charge in [-0.05, 0) is 25.7 Å². The number of piperazine rings is 1. The maximum atomic E-state index is 3.61. The van der Waals surface area contributed by atoms with Gasteiger partial charge in [0.25, 0.3) is 0 Å². The molecule has 1 heterocycles. The minimum atomic E-state index is 0.617. The van der Waals surface area contributed by atoms with Crippen molar-refractivity contribution in [3.05, 3.63) is 34.3 Å². The molecule has 1 unspecified atom stereocenters. The number of rotatable bonds is 4. The van der Waals surface area contributed by atoms with Gasteiger partial charge in [-0.15, -0.1) is 0 Å². The van der Waals surface area contributed by atoms with E-state index < -0.39 is 0 Å². The summed E-state index contributed by atoms with van der Waals surface area (Å²) in [4.78, 5) is 4.85. The SMILES string of the molecule is CN(Cc1ccccc1Br)CC1CNCCN1C. The Labute approximate surface area is 118 Å². The van der Waals surface area contributed by atoms with Crippen molar-refractivity contribution in [2.45, 2.75) is 12.6 Å². The number of nitrogens with zero attached hydrogens (tertiary/aromatic N) is 2. The van der Waals surface area contributed by atoms with Crippen LogP contribution >= 0.6 is 15.9 Å². The molecule has 1 aromatic rings. The van der Waals surface area contributed by atoms with Gasteiger partial charge in [0, 0.05) is 43.2 Å². The largest absolute Gasteiger partial charge is 0.314 e. The minimum Gasteiger partial charge on any atom is -0.314 e. The lowest BCUT2D eigenvalue weighted by atomic mass is 10.1. The third-order valence-corrected chi connectivity index (χ3v) is 4.34. The highest BCUT2D eigenvalue weighted by Crippen LogP contribution is 2.17. The van der Waals surface area contributed by atoms with Crippen LogP contribution in [0.15, 0.2) is 28.7 Å². The van der Waals surface area contributed by atoms with E-state index >= 15 is 0 Å². The Morgan fingerprint density at radius 1 is 1.44 bits per heavy atom. The van der Waals surface area contributed by atoms with Gasteiger partial charge in [0.15, 0.2) is 0 Å². The molecule has 1 saturated heterocycles. The molecule has 0 radical (unpaired) electrons. The zero-order valence-corrected chi connectivity index (χ0v) is 12.8. The summed E-state index contributed by atoms with van der Waals surface area (Å²) >= 11 is 3.61. The van der Waals surface area contributed by atoms with E-state index in [1.165, 1.54) is 10.0 Å². The maximum Gasteiger partial charge on any atom is 0.0345 e. The van der Waals surface area contributed by atoms with E-state index in [1.807, 2.05) is 0 Å². The molecule has 0 spiro atoms. The first kappa shape index (κ1) is 14.0. The van der Waals surface area contributed by atoms with Crippen LogP contribution in [0.25, 0.3) is 0 Å². The number of benzene rings is 1. The second-order valence-electron chi connectivity index (χ2n) is 5.13. The standard InChI is InChI=1S/C14H22BrN3/c1-17(10-12-5-3-4-6-14(12)15)11-13-9-16-7-8-18(13)2/h3-6,13,16H,7-11H2,1-2H3. The fourth-order valence-corrected chi connectivity index (χ4v) is 2.82. The van der Waals surface area contributed by atoms with Crippen molar-refractivity contribution < 1.29 is 0 Å². The van der Waals surface area contributed by atoms with Gasteiger partial charge in [0.2, 0.25) is 0 Å². The minimum absolute atomic E-state index is 0.617.